The Bertz CT molecular complexity index is 717. The molecule has 1 amide bonds. The molecular formula is C14H16N4O4S. The number of hydrogen-bond acceptors (Lipinski definition) is 7. The summed E-state index contributed by atoms with van der Waals surface area (Å²) in [6.07, 6.45) is 1.64. The van der Waals surface area contributed by atoms with Gasteiger partial charge in [-0.05, 0) is 19.1 Å². The molecule has 8 nitrogen and oxygen atoms in total. The lowest BCUT2D eigenvalue weighted by Crippen LogP contribution is -2.13. The number of methoxy groups -OCH3 is 1. The van der Waals surface area contributed by atoms with E-state index in [0.29, 0.717) is 24.0 Å². The Labute approximate surface area is 136 Å². The molecule has 0 bridgehead atoms. The number of benzene rings is 1. The Morgan fingerprint density at radius 3 is 2.87 bits per heavy atom. The summed E-state index contributed by atoms with van der Waals surface area (Å²) in [4.78, 5) is 27.8. The molecule has 0 saturated carbocycles. The van der Waals surface area contributed by atoms with Crippen LogP contribution in [0.25, 0.3) is 0 Å². The molecule has 0 unspecified atom stereocenters. The highest BCUT2D eigenvalue weighted by molar-refractivity contribution is 7.15. The molecule has 1 heterocycles. The van der Waals surface area contributed by atoms with Gasteiger partial charge in [0.15, 0.2) is 5.13 Å². The number of amides is 1. The zero-order chi connectivity index (χ0) is 16.8. The molecule has 0 spiro atoms. The van der Waals surface area contributed by atoms with E-state index in [1.807, 2.05) is 6.92 Å². The molecule has 0 atom stereocenters. The summed E-state index contributed by atoms with van der Waals surface area (Å²) in [5.41, 5.74) is 0.375. The van der Waals surface area contributed by atoms with Crippen LogP contribution in [0.3, 0.4) is 0 Å². The molecule has 0 aliphatic carbocycles. The normalized spacial score (nSPS) is 10.3. The highest BCUT2D eigenvalue weighted by Gasteiger charge is 2.18. The van der Waals surface area contributed by atoms with Gasteiger partial charge in [-0.25, -0.2) is 4.98 Å². The minimum atomic E-state index is -0.528. The molecule has 0 fully saturated rings. The molecule has 0 aliphatic rings. The number of anilines is 2. The van der Waals surface area contributed by atoms with Crippen LogP contribution in [-0.2, 0) is 4.74 Å². The molecule has 0 saturated heterocycles. The second-order valence-corrected chi connectivity index (χ2v) is 5.87. The van der Waals surface area contributed by atoms with Crippen molar-refractivity contribution in [1.29, 1.82) is 0 Å². The fraction of sp³-hybridized carbons (Fsp3) is 0.286. The molecule has 0 radical (unpaired) electrons. The van der Waals surface area contributed by atoms with Crippen molar-refractivity contribution in [3.8, 4) is 0 Å². The number of nitro benzene ring substituents is 1. The molecule has 122 valence electrons. The number of rotatable bonds is 7. The van der Waals surface area contributed by atoms with E-state index in [4.69, 9.17) is 4.74 Å². The summed E-state index contributed by atoms with van der Waals surface area (Å²) in [6.45, 7) is 2.72. The lowest BCUT2D eigenvalue weighted by Gasteiger charge is -2.08. The number of aromatic nitrogens is 1. The lowest BCUT2D eigenvalue weighted by molar-refractivity contribution is -0.384. The summed E-state index contributed by atoms with van der Waals surface area (Å²) < 4.78 is 4.89. The number of nitro groups is 1. The van der Waals surface area contributed by atoms with Gasteiger partial charge in [-0.1, -0.05) is 0 Å². The van der Waals surface area contributed by atoms with Crippen LogP contribution in [0.1, 0.15) is 15.2 Å². The van der Waals surface area contributed by atoms with E-state index in [9.17, 15) is 14.9 Å². The Morgan fingerprint density at radius 1 is 1.48 bits per heavy atom. The highest BCUT2D eigenvalue weighted by atomic mass is 32.1. The molecule has 1 aromatic carbocycles. The number of carbonyl (C=O) groups is 1. The Kier molecular flexibility index (Phi) is 5.61. The molecule has 2 aromatic rings. The molecule has 2 N–H and O–H groups in total. The Morgan fingerprint density at radius 2 is 2.26 bits per heavy atom. The van der Waals surface area contributed by atoms with Gasteiger partial charge in [0.25, 0.3) is 11.6 Å². The molecular weight excluding hydrogens is 320 g/mol. The van der Waals surface area contributed by atoms with Gasteiger partial charge in [-0.3, -0.25) is 20.2 Å². The SMILES string of the molecule is COCCNc1ccc(C(=O)Nc2ncc(C)s2)cc1[N+](=O)[O-]. The molecule has 2 rings (SSSR count). The fourth-order valence-electron chi connectivity index (χ4n) is 1.84. The predicted octanol–water partition coefficient (Wildman–Crippen LogP) is 2.67. The number of hydrogen-bond donors (Lipinski definition) is 2. The number of ether oxygens (including phenoxy) is 1. The van der Waals surface area contributed by atoms with Gasteiger partial charge < -0.3 is 10.1 Å². The van der Waals surface area contributed by atoms with Crippen molar-refractivity contribution in [2.24, 2.45) is 0 Å². The van der Waals surface area contributed by atoms with E-state index in [1.165, 1.54) is 29.5 Å². The van der Waals surface area contributed by atoms with Crippen molar-refractivity contribution in [2.75, 3.05) is 30.9 Å². The molecule has 9 heteroatoms. The van der Waals surface area contributed by atoms with Gasteiger partial charge in [0.05, 0.1) is 11.5 Å². The second-order valence-electron chi connectivity index (χ2n) is 4.64. The number of nitrogens with zero attached hydrogens (tertiary/aromatic N) is 2. The van der Waals surface area contributed by atoms with Crippen molar-refractivity contribution in [1.82, 2.24) is 4.98 Å². The van der Waals surface area contributed by atoms with Gasteiger partial charge in [0.2, 0.25) is 0 Å². The highest BCUT2D eigenvalue weighted by Crippen LogP contribution is 2.26. The van der Waals surface area contributed by atoms with Crippen molar-refractivity contribution in [3.05, 3.63) is 45.0 Å². The number of aryl methyl sites for hydroxylation is 1. The predicted molar refractivity (Wildman–Crippen MR) is 88.3 cm³/mol. The van der Waals surface area contributed by atoms with Crippen molar-refractivity contribution in [2.45, 2.75) is 6.92 Å². The smallest absolute Gasteiger partial charge is 0.293 e. The van der Waals surface area contributed by atoms with Crippen LogP contribution in [0.2, 0.25) is 0 Å². The van der Waals surface area contributed by atoms with Gasteiger partial charge in [0.1, 0.15) is 5.69 Å². The third-order valence-corrected chi connectivity index (χ3v) is 3.75. The monoisotopic (exact) mass is 336 g/mol. The maximum absolute atomic E-state index is 12.2. The van der Waals surface area contributed by atoms with Gasteiger partial charge in [0, 0.05) is 36.4 Å². The maximum Gasteiger partial charge on any atom is 0.293 e. The molecule has 0 aliphatic heterocycles. The first-order chi connectivity index (χ1) is 11.0. The summed E-state index contributed by atoms with van der Waals surface area (Å²) in [6, 6.07) is 4.28. The van der Waals surface area contributed by atoms with E-state index in [-0.39, 0.29) is 11.3 Å². The summed E-state index contributed by atoms with van der Waals surface area (Å²) in [7, 11) is 1.55. The van der Waals surface area contributed by atoms with Gasteiger partial charge >= 0.3 is 0 Å². The minimum absolute atomic E-state index is 0.163. The first kappa shape index (κ1) is 16.8. The van der Waals surface area contributed by atoms with Crippen LogP contribution >= 0.6 is 11.3 Å². The summed E-state index contributed by atoms with van der Waals surface area (Å²) >= 11 is 1.33. The van der Waals surface area contributed by atoms with Crippen LogP contribution in [0, 0.1) is 17.0 Å². The maximum atomic E-state index is 12.2. The summed E-state index contributed by atoms with van der Waals surface area (Å²) in [5.74, 6) is -0.439. The first-order valence-electron chi connectivity index (χ1n) is 6.76. The number of thiazole rings is 1. The molecule has 23 heavy (non-hydrogen) atoms. The zero-order valence-corrected chi connectivity index (χ0v) is 13.5. The Hall–Kier alpha value is -2.52. The average Bonchev–Trinajstić information content (AvgIpc) is 2.92. The third kappa shape index (κ3) is 4.47. The van der Waals surface area contributed by atoms with Gasteiger partial charge in [-0.15, -0.1) is 11.3 Å². The average molecular weight is 336 g/mol. The second kappa shape index (κ2) is 7.65. The van der Waals surface area contributed by atoms with E-state index in [0.717, 1.165) is 4.88 Å². The van der Waals surface area contributed by atoms with Crippen LogP contribution in [0.4, 0.5) is 16.5 Å². The van der Waals surface area contributed by atoms with Crippen molar-refractivity contribution in [3.63, 3.8) is 0 Å². The first-order valence-corrected chi connectivity index (χ1v) is 7.58. The van der Waals surface area contributed by atoms with Crippen molar-refractivity contribution >= 4 is 33.8 Å². The fourth-order valence-corrected chi connectivity index (χ4v) is 2.50. The van der Waals surface area contributed by atoms with Crippen LogP contribution in [0.15, 0.2) is 24.4 Å². The van der Waals surface area contributed by atoms with E-state index in [2.05, 4.69) is 15.6 Å². The molecule has 1 aromatic heterocycles. The topological polar surface area (TPSA) is 106 Å². The van der Waals surface area contributed by atoms with Crippen LogP contribution < -0.4 is 10.6 Å². The summed E-state index contributed by atoms with van der Waals surface area (Å²) in [5, 5.41) is 17.2. The zero-order valence-electron chi connectivity index (χ0n) is 12.7. The lowest BCUT2D eigenvalue weighted by atomic mass is 10.1. The quantitative estimate of drug-likeness (QED) is 0.457. The van der Waals surface area contributed by atoms with Gasteiger partial charge in [-0.2, -0.15) is 0 Å². The van der Waals surface area contributed by atoms with E-state index < -0.39 is 10.8 Å². The Balaban J connectivity index is 2.17. The van der Waals surface area contributed by atoms with Crippen LogP contribution in [0.5, 0.6) is 0 Å². The minimum Gasteiger partial charge on any atom is -0.383 e. The van der Waals surface area contributed by atoms with Crippen molar-refractivity contribution < 1.29 is 14.5 Å². The number of nitrogens with one attached hydrogen (secondary N) is 2. The van der Waals surface area contributed by atoms with Crippen LogP contribution in [-0.4, -0.2) is 36.1 Å². The third-order valence-electron chi connectivity index (χ3n) is 2.92. The van der Waals surface area contributed by atoms with E-state index >= 15 is 0 Å². The number of carbonyl (C=O) groups excluding carboxylic acids is 1. The van der Waals surface area contributed by atoms with E-state index in [1.54, 1.807) is 13.3 Å². The standard InChI is InChI=1S/C14H16N4O4S/c1-9-8-16-14(23-9)17-13(19)10-3-4-11(15-5-6-22-2)12(7-10)18(20)21/h3-4,7-8,15H,5-6H2,1-2H3,(H,16,17,19). The largest absolute Gasteiger partial charge is 0.383 e.